The molecule has 0 fully saturated rings. The first kappa shape index (κ1) is 15.2. The van der Waals surface area contributed by atoms with Crippen LogP contribution in [-0.2, 0) is 6.54 Å². The molecule has 0 heterocycles. The van der Waals surface area contributed by atoms with Gasteiger partial charge >= 0.3 is 0 Å². The molecule has 0 spiro atoms. The quantitative estimate of drug-likeness (QED) is 0.905. The molecule has 0 aliphatic carbocycles. The second-order valence-corrected chi connectivity index (χ2v) is 5.21. The fourth-order valence-electron chi connectivity index (χ4n) is 2.20. The van der Waals surface area contributed by atoms with E-state index >= 15 is 0 Å². The summed E-state index contributed by atoms with van der Waals surface area (Å²) in [5.74, 6) is 0.267. The molecule has 3 nitrogen and oxygen atoms in total. The zero-order valence-corrected chi connectivity index (χ0v) is 12.9. The largest absolute Gasteiger partial charge is 0.497 e. The highest BCUT2D eigenvalue weighted by Crippen LogP contribution is 2.23. The van der Waals surface area contributed by atoms with Crippen molar-refractivity contribution in [2.75, 3.05) is 31.4 Å². The zero-order valence-electron chi connectivity index (χ0n) is 12.9. The van der Waals surface area contributed by atoms with Gasteiger partial charge in [0.15, 0.2) is 0 Å². The molecule has 2 rings (SSSR count). The zero-order chi connectivity index (χ0) is 15.4. The van der Waals surface area contributed by atoms with Gasteiger partial charge in [-0.15, -0.1) is 0 Å². The Bertz CT molecular complexity index is 626. The molecular formula is C17H21FN2O. The first-order chi connectivity index (χ1) is 10.0. The Morgan fingerprint density at radius 3 is 2.52 bits per heavy atom. The van der Waals surface area contributed by atoms with Gasteiger partial charge in [-0.2, -0.15) is 0 Å². The minimum Gasteiger partial charge on any atom is -0.497 e. The maximum Gasteiger partial charge on any atom is 0.131 e. The number of halogens is 1. The van der Waals surface area contributed by atoms with Gasteiger partial charge in [-0.1, -0.05) is 12.1 Å². The summed E-state index contributed by atoms with van der Waals surface area (Å²) in [4.78, 5) is 2.06. The van der Waals surface area contributed by atoms with E-state index in [2.05, 4.69) is 29.3 Å². The van der Waals surface area contributed by atoms with E-state index in [4.69, 9.17) is 4.74 Å². The Morgan fingerprint density at radius 1 is 1.14 bits per heavy atom. The normalized spacial score (nSPS) is 10.3. The lowest BCUT2D eigenvalue weighted by molar-refractivity contribution is 0.411. The fraction of sp³-hybridized carbons (Fsp3) is 0.294. The lowest BCUT2D eigenvalue weighted by Crippen LogP contribution is -2.11. The molecule has 0 atom stereocenters. The third-order valence-electron chi connectivity index (χ3n) is 3.43. The number of hydrogen-bond donors (Lipinski definition) is 1. The van der Waals surface area contributed by atoms with Gasteiger partial charge in [0.1, 0.15) is 11.6 Å². The van der Waals surface area contributed by atoms with Crippen molar-refractivity contribution in [1.29, 1.82) is 0 Å². The van der Waals surface area contributed by atoms with E-state index in [1.807, 2.05) is 20.2 Å². The molecule has 0 aliphatic rings. The van der Waals surface area contributed by atoms with E-state index in [1.54, 1.807) is 12.1 Å². The third kappa shape index (κ3) is 3.66. The van der Waals surface area contributed by atoms with E-state index in [-0.39, 0.29) is 5.82 Å². The number of anilines is 2. The van der Waals surface area contributed by atoms with Gasteiger partial charge in [0.2, 0.25) is 0 Å². The van der Waals surface area contributed by atoms with E-state index < -0.39 is 0 Å². The molecular weight excluding hydrogens is 267 g/mol. The standard InChI is InChI=1S/C17H21FN2O/c1-12-5-7-14(9-17(12)20(2)3)19-11-13-6-8-15(21-4)10-16(13)18/h5-10,19H,11H2,1-4H3. The number of hydrogen-bond acceptors (Lipinski definition) is 3. The van der Waals surface area contributed by atoms with Crippen LogP contribution < -0.4 is 15.0 Å². The number of ether oxygens (including phenoxy) is 1. The summed E-state index contributed by atoms with van der Waals surface area (Å²) in [6, 6.07) is 11.0. The SMILES string of the molecule is COc1ccc(CNc2ccc(C)c(N(C)C)c2)c(F)c1. The topological polar surface area (TPSA) is 24.5 Å². The van der Waals surface area contributed by atoms with Crippen LogP contribution in [0.3, 0.4) is 0 Å². The minimum atomic E-state index is -0.262. The number of nitrogens with zero attached hydrogens (tertiary/aromatic N) is 1. The summed E-state index contributed by atoms with van der Waals surface area (Å²) < 4.78 is 18.9. The highest BCUT2D eigenvalue weighted by atomic mass is 19.1. The predicted molar refractivity (Wildman–Crippen MR) is 85.8 cm³/mol. The van der Waals surface area contributed by atoms with Gasteiger partial charge in [-0.25, -0.2) is 4.39 Å². The lowest BCUT2D eigenvalue weighted by atomic mass is 10.1. The maximum atomic E-state index is 13.9. The molecule has 0 amide bonds. The average molecular weight is 288 g/mol. The van der Waals surface area contributed by atoms with Crippen LogP contribution in [0.25, 0.3) is 0 Å². The van der Waals surface area contributed by atoms with Gasteiger partial charge < -0.3 is 15.0 Å². The van der Waals surface area contributed by atoms with E-state index in [0.29, 0.717) is 17.9 Å². The Balaban J connectivity index is 2.11. The molecule has 0 saturated carbocycles. The van der Waals surface area contributed by atoms with Gasteiger partial charge in [0.25, 0.3) is 0 Å². The third-order valence-corrected chi connectivity index (χ3v) is 3.43. The smallest absolute Gasteiger partial charge is 0.131 e. The van der Waals surface area contributed by atoms with Crippen molar-refractivity contribution in [3.8, 4) is 5.75 Å². The van der Waals surface area contributed by atoms with Gasteiger partial charge in [-0.05, 0) is 30.7 Å². The van der Waals surface area contributed by atoms with Crippen molar-refractivity contribution in [3.63, 3.8) is 0 Å². The molecule has 0 radical (unpaired) electrons. The average Bonchev–Trinajstić information content (AvgIpc) is 2.47. The van der Waals surface area contributed by atoms with Crippen LogP contribution in [0, 0.1) is 12.7 Å². The van der Waals surface area contributed by atoms with Gasteiger partial charge in [-0.3, -0.25) is 0 Å². The molecule has 0 aromatic heterocycles. The second kappa shape index (κ2) is 6.48. The van der Waals surface area contributed by atoms with Crippen LogP contribution >= 0.6 is 0 Å². The molecule has 0 bridgehead atoms. The van der Waals surface area contributed by atoms with E-state index in [0.717, 1.165) is 11.4 Å². The lowest BCUT2D eigenvalue weighted by Gasteiger charge is -2.17. The van der Waals surface area contributed by atoms with Crippen LogP contribution in [0.2, 0.25) is 0 Å². The molecule has 0 saturated heterocycles. The molecule has 1 N–H and O–H groups in total. The summed E-state index contributed by atoms with van der Waals surface area (Å²) in [6.07, 6.45) is 0. The van der Waals surface area contributed by atoms with Crippen molar-refractivity contribution >= 4 is 11.4 Å². The molecule has 112 valence electrons. The van der Waals surface area contributed by atoms with Crippen molar-refractivity contribution in [2.45, 2.75) is 13.5 Å². The van der Waals surface area contributed by atoms with Crippen molar-refractivity contribution < 1.29 is 9.13 Å². The van der Waals surface area contributed by atoms with E-state index in [9.17, 15) is 4.39 Å². The van der Waals surface area contributed by atoms with Crippen molar-refractivity contribution in [2.24, 2.45) is 0 Å². The monoisotopic (exact) mass is 288 g/mol. The Kier molecular flexibility index (Phi) is 4.68. The summed E-state index contributed by atoms with van der Waals surface area (Å²) in [5, 5.41) is 3.25. The van der Waals surface area contributed by atoms with Crippen LogP contribution in [0.15, 0.2) is 36.4 Å². The highest BCUT2D eigenvalue weighted by molar-refractivity contribution is 5.62. The number of methoxy groups -OCH3 is 1. The predicted octanol–water partition coefficient (Wildman–Crippen LogP) is 3.82. The summed E-state index contributed by atoms with van der Waals surface area (Å²) in [5.41, 5.74) is 3.94. The molecule has 0 aliphatic heterocycles. The minimum absolute atomic E-state index is 0.262. The summed E-state index contributed by atoms with van der Waals surface area (Å²) in [7, 11) is 5.55. The van der Waals surface area contributed by atoms with Gasteiger partial charge in [0, 0.05) is 43.6 Å². The summed E-state index contributed by atoms with van der Waals surface area (Å²) in [6.45, 7) is 2.51. The Labute approximate surface area is 125 Å². The first-order valence-electron chi connectivity index (χ1n) is 6.85. The van der Waals surface area contributed by atoms with E-state index in [1.165, 1.54) is 18.7 Å². The van der Waals surface area contributed by atoms with Crippen LogP contribution in [-0.4, -0.2) is 21.2 Å². The van der Waals surface area contributed by atoms with Crippen molar-refractivity contribution in [3.05, 3.63) is 53.3 Å². The molecule has 2 aromatic carbocycles. The Morgan fingerprint density at radius 2 is 1.90 bits per heavy atom. The number of nitrogens with one attached hydrogen (secondary N) is 1. The number of aryl methyl sites for hydroxylation is 1. The molecule has 4 heteroatoms. The number of rotatable bonds is 5. The molecule has 21 heavy (non-hydrogen) atoms. The Hall–Kier alpha value is -2.23. The van der Waals surface area contributed by atoms with Crippen molar-refractivity contribution in [1.82, 2.24) is 0 Å². The maximum absolute atomic E-state index is 13.9. The number of benzene rings is 2. The summed E-state index contributed by atoms with van der Waals surface area (Å²) >= 11 is 0. The van der Waals surface area contributed by atoms with Gasteiger partial charge in [0.05, 0.1) is 7.11 Å². The van der Waals surface area contributed by atoms with Crippen LogP contribution in [0.1, 0.15) is 11.1 Å². The molecule has 0 unspecified atom stereocenters. The fourth-order valence-corrected chi connectivity index (χ4v) is 2.20. The van der Waals surface area contributed by atoms with Crippen LogP contribution in [0.5, 0.6) is 5.75 Å². The highest BCUT2D eigenvalue weighted by Gasteiger charge is 2.06. The second-order valence-electron chi connectivity index (χ2n) is 5.21. The molecule has 2 aromatic rings. The van der Waals surface area contributed by atoms with Crippen LogP contribution in [0.4, 0.5) is 15.8 Å². The first-order valence-corrected chi connectivity index (χ1v) is 6.85.